The number of nitrogens with zero attached hydrogens (tertiary/aromatic N) is 4. The zero-order chi connectivity index (χ0) is 19.2. The first-order valence-electron chi connectivity index (χ1n) is 8.55. The number of nitrogens with one attached hydrogen (secondary N) is 1. The third-order valence-electron chi connectivity index (χ3n) is 4.12. The molecule has 3 aromatic rings. The van der Waals surface area contributed by atoms with Crippen molar-refractivity contribution in [2.45, 2.75) is 32.4 Å². The number of rotatable bonds is 9. The number of hydrogen-bond acceptors (Lipinski definition) is 6. The number of carbonyl (C=O) groups excluding carboxylic acids is 1. The lowest BCUT2D eigenvalue weighted by molar-refractivity contribution is -0.384. The molecular formula is C17H19N5O5. The summed E-state index contributed by atoms with van der Waals surface area (Å²) in [4.78, 5) is 38.0. The molecule has 3 rings (SSSR count). The van der Waals surface area contributed by atoms with Crippen LogP contribution < -0.4 is 11.1 Å². The Bertz CT molecular complexity index is 989. The van der Waals surface area contributed by atoms with Crippen molar-refractivity contribution in [3.8, 4) is 0 Å². The number of non-ortho nitro benzene ring substituents is 1. The second-order valence-electron chi connectivity index (χ2n) is 6.04. The molecule has 0 spiro atoms. The molecule has 0 atom stereocenters. The highest BCUT2D eigenvalue weighted by molar-refractivity contribution is 5.76. The number of aromatic nitrogens is 3. The number of amides is 1. The van der Waals surface area contributed by atoms with Gasteiger partial charge in [0.15, 0.2) is 5.58 Å². The van der Waals surface area contributed by atoms with Gasteiger partial charge in [-0.25, -0.2) is 9.78 Å². The van der Waals surface area contributed by atoms with Gasteiger partial charge in [-0.3, -0.25) is 19.5 Å². The van der Waals surface area contributed by atoms with Gasteiger partial charge >= 0.3 is 5.76 Å². The van der Waals surface area contributed by atoms with E-state index in [1.807, 2.05) is 10.8 Å². The number of fused-ring (bicyclic) bond motifs is 1. The average molecular weight is 373 g/mol. The van der Waals surface area contributed by atoms with E-state index in [0.29, 0.717) is 25.0 Å². The molecule has 1 amide bonds. The summed E-state index contributed by atoms with van der Waals surface area (Å²) in [7, 11) is 0. The molecule has 0 saturated heterocycles. The standard InChI is InChI=1S/C17H19N5O5/c23-16(19-6-2-8-20-10-7-18-12-20)3-1-9-21-14-5-4-13(22(25)26)11-15(14)27-17(21)24/h4-5,7,10-12H,1-3,6,8-9H2,(H,19,23). The maximum Gasteiger partial charge on any atom is 0.419 e. The molecule has 0 aliphatic carbocycles. The Morgan fingerprint density at radius 1 is 1.30 bits per heavy atom. The summed E-state index contributed by atoms with van der Waals surface area (Å²) in [6.07, 6.45) is 6.83. The number of aryl methyl sites for hydroxylation is 2. The zero-order valence-electron chi connectivity index (χ0n) is 14.5. The van der Waals surface area contributed by atoms with E-state index in [4.69, 9.17) is 4.42 Å². The fourth-order valence-electron chi connectivity index (χ4n) is 2.77. The van der Waals surface area contributed by atoms with Gasteiger partial charge in [0.2, 0.25) is 5.91 Å². The van der Waals surface area contributed by atoms with E-state index in [9.17, 15) is 19.7 Å². The van der Waals surface area contributed by atoms with Crippen LogP contribution in [0.15, 0.2) is 46.1 Å². The topological polar surface area (TPSA) is 125 Å². The van der Waals surface area contributed by atoms with Crippen LogP contribution >= 0.6 is 0 Å². The summed E-state index contributed by atoms with van der Waals surface area (Å²) in [6, 6.07) is 4.02. The van der Waals surface area contributed by atoms with E-state index in [2.05, 4.69) is 10.3 Å². The van der Waals surface area contributed by atoms with Gasteiger partial charge in [0.25, 0.3) is 5.69 Å². The van der Waals surface area contributed by atoms with Crippen LogP contribution in [-0.4, -0.2) is 31.5 Å². The predicted octanol–water partition coefficient (Wildman–Crippen LogP) is 1.69. The Labute approximate surface area is 153 Å². The Kier molecular flexibility index (Phi) is 5.64. The van der Waals surface area contributed by atoms with Crippen molar-refractivity contribution < 1.29 is 14.1 Å². The first-order valence-corrected chi connectivity index (χ1v) is 8.55. The van der Waals surface area contributed by atoms with E-state index in [1.165, 1.54) is 22.8 Å². The second-order valence-corrected chi connectivity index (χ2v) is 6.04. The molecule has 0 aliphatic rings. The first-order chi connectivity index (χ1) is 13.0. The molecule has 0 bridgehead atoms. The van der Waals surface area contributed by atoms with Crippen LogP contribution in [0.2, 0.25) is 0 Å². The maximum absolute atomic E-state index is 11.9. The van der Waals surface area contributed by atoms with Crippen LogP contribution in [0.1, 0.15) is 19.3 Å². The lowest BCUT2D eigenvalue weighted by Gasteiger charge is -2.06. The summed E-state index contributed by atoms with van der Waals surface area (Å²) in [5.74, 6) is -0.677. The summed E-state index contributed by atoms with van der Waals surface area (Å²) in [5.41, 5.74) is 0.503. The third kappa shape index (κ3) is 4.60. The third-order valence-corrected chi connectivity index (χ3v) is 4.12. The Balaban J connectivity index is 1.47. The molecule has 27 heavy (non-hydrogen) atoms. The molecule has 142 valence electrons. The SMILES string of the molecule is O=C(CCCn1c(=O)oc2cc([N+](=O)[O-])ccc21)NCCCn1ccnc1. The van der Waals surface area contributed by atoms with Gasteiger partial charge in [-0.1, -0.05) is 0 Å². The number of nitro benzene ring substituents is 1. The Morgan fingerprint density at radius 2 is 2.15 bits per heavy atom. The Morgan fingerprint density at radius 3 is 2.89 bits per heavy atom. The molecule has 1 N–H and O–H groups in total. The van der Waals surface area contributed by atoms with E-state index in [1.54, 1.807) is 12.5 Å². The summed E-state index contributed by atoms with van der Waals surface area (Å²) in [5, 5.41) is 13.6. The molecule has 0 fully saturated rings. The largest absolute Gasteiger partial charge is 0.419 e. The fraction of sp³-hybridized carbons (Fsp3) is 0.353. The highest BCUT2D eigenvalue weighted by atomic mass is 16.6. The lowest BCUT2D eigenvalue weighted by Crippen LogP contribution is -2.25. The molecular weight excluding hydrogens is 354 g/mol. The molecule has 0 saturated carbocycles. The van der Waals surface area contributed by atoms with E-state index < -0.39 is 10.7 Å². The second kappa shape index (κ2) is 8.30. The number of carbonyl (C=O) groups is 1. The quantitative estimate of drug-likeness (QED) is 0.346. The van der Waals surface area contributed by atoms with Crippen molar-refractivity contribution in [3.63, 3.8) is 0 Å². The smallest absolute Gasteiger partial charge is 0.407 e. The molecule has 0 unspecified atom stereocenters. The van der Waals surface area contributed by atoms with Crippen LogP contribution in [0.4, 0.5) is 5.69 Å². The van der Waals surface area contributed by atoms with Gasteiger partial charge in [-0.15, -0.1) is 0 Å². The van der Waals surface area contributed by atoms with Crippen LogP contribution in [0, 0.1) is 10.1 Å². The first kappa shape index (κ1) is 18.4. The number of hydrogen-bond donors (Lipinski definition) is 1. The minimum atomic E-state index is -0.591. The highest BCUT2D eigenvalue weighted by Gasteiger charge is 2.14. The van der Waals surface area contributed by atoms with Crippen LogP contribution in [-0.2, 0) is 17.9 Å². The molecule has 10 nitrogen and oxygen atoms in total. The van der Waals surface area contributed by atoms with Crippen molar-refractivity contribution in [1.29, 1.82) is 0 Å². The summed E-state index contributed by atoms with van der Waals surface area (Å²) < 4.78 is 8.37. The number of oxazole rings is 1. The predicted molar refractivity (Wildman–Crippen MR) is 96.2 cm³/mol. The molecule has 0 radical (unpaired) electrons. The molecule has 0 aliphatic heterocycles. The number of benzene rings is 1. The average Bonchev–Trinajstić information content (AvgIpc) is 3.26. The van der Waals surface area contributed by atoms with Crippen LogP contribution in [0.25, 0.3) is 11.1 Å². The van der Waals surface area contributed by atoms with Gasteiger partial charge in [0.1, 0.15) is 0 Å². The summed E-state index contributed by atoms with van der Waals surface area (Å²) >= 11 is 0. The van der Waals surface area contributed by atoms with E-state index in [0.717, 1.165) is 13.0 Å². The normalized spacial score (nSPS) is 11.0. The van der Waals surface area contributed by atoms with Crippen molar-refractivity contribution in [3.05, 3.63) is 57.6 Å². The van der Waals surface area contributed by atoms with Gasteiger partial charge in [-0.2, -0.15) is 0 Å². The minimum absolute atomic E-state index is 0.0860. The highest BCUT2D eigenvalue weighted by Crippen LogP contribution is 2.20. The van der Waals surface area contributed by atoms with Gasteiger partial charge < -0.3 is 14.3 Å². The van der Waals surface area contributed by atoms with E-state index >= 15 is 0 Å². The van der Waals surface area contributed by atoms with Crippen molar-refractivity contribution >= 4 is 22.7 Å². The van der Waals surface area contributed by atoms with Crippen molar-refractivity contribution in [2.24, 2.45) is 0 Å². The lowest BCUT2D eigenvalue weighted by atomic mass is 10.2. The van der Waals surface area contributed by atoms with Crippen molar-refractivity contribution in [1.82, 2.24) is 19.4 Å². The molecule has 10 heteroatoms. The van der Waals surface area contributed by atoms with E-state index in [-0.39, 0.29) is 23.6 Å². The monoisotopic (exact) mass is 373 g/mol. The van der Waals surface area contributed by atoms with Crippen LogP contribution in [0.3, 0.4) is 0 Å². The number of nitro groups is 1. The summed E-state index contributed by atoms with van der Waals surface area (Å²) in [6.45, 7) is 1.64. The molecule has 1 aromatic carbocycles. The van der Waals surface area contributed by atoms with Gasteiger partial charge in [0, 0.05) is 44.5 Å². The van der Waals surface area contributed by atoms with Gasteiger partial charge in [-0.05, 0) is 18.9 Å². The minimum Gasteiger partial charge on any atom is -0.407 e. The van der Waals surface area contributed by atoms with Gasteiger partial charge in [0.05, 0.1) is 22.8 Å². The zero-order valence-corrected chi connectivity index (χ0v) is 14.5. The molecule has 2 aromatic heterocycles. The maximum atomic E-state index is 11.9. The molecule has 2 heterocycles. The number of imidazole rings is 1. The van der Waals surface area contributed by atoms with Crippen molar-refractivity contribution in [2.75, 3.05) is 6.54 Å². The fourth-order valence-corrected chi connectivity index (χ4v) is 2.77. The van der Waals surface area contributed by atoms with Crippen LogP contribution in [0.5, 0.6) is 0 Å². The Hall–Kier alpha value is -3.43.